The number of carbonyl (C=O) groups excluding carboxylic acids is 2. The van der Waals surface area contributed by atoms with Crippen molar-refractivity contribution in [2.24, 2.45) is 0 Å². The molecule has 0 saturated carbocycles. The van der Waals surface area contributed by atoms with E-state index in [0.717, 1.165) is 5.56 Å². The normalized spacial score (nSPS) is 11.6. The van der Waals surface area contributed by atoms with Gasteiger partial charge in [-0.15, -0.1) is 0 Å². The Morgan fingerprint density at radius 2 is 1.70 bits per heavy atom. The van der Waals surface area contributed by atoms with Crippen LogP contribution in [0, 0.1) is 6.92 Å². The number of aryl methyl sites for hydroxylation is 1. The summed E-state index contributed by atoms with van der Waals surface area (Å²) in [6, 6.07) is 10.7. The summed E-state index contributed by atoms with van der Waals surface area (Å²) in [6.45, 7) is 0.316. The minimum absolute atomic E-state index is 0.0310. The lowest BCUT2D eigenvalue weighted by molar-refractivity contribution is -0.123. The smallest absolute Gasteiger partial charge is 0.387 e. The molecule has 2 rings (SSSR count). The molecule has 1 atom stereocenters. The Balaban J connectivity index is 2.02. The first-order chi connectivity index (χ1) is 12.8. The number of rotatable bonds is 7. The predicted molar refractivity (Wildman–Crippen MR) is 94.3 cm³/mol. The number of anilines is 1. The highest BCUT2D eigenvalue weighted by molar-refractivity contribution is 5.97. The van der Waals surface area contributed by atoms with Crippen LogP contribution < -0.4 is 14.8 Å². The van der Waals surface area contributed by atoms with Gasteiger partial charge in [-0.3, -0.25) is 4.79 Å². The average molecular weight is 379 g/mol. The molecule has 8 heteroatoms. The Morgan fingerprint density at radius 1 is 1.04 bits per heavy atom. The van der Waals surface area contributed by atoms with Crippen LogP contribution in [0.15, 0.2) is 42.5 Å². The summed E-state index contributed by atoms with van der Waals surface area (Å²) in [5.41, 5.74) is 1.65. The van der Waals surface area contributed by atoms with Gasteiger partial charge in [0, 0.05) is 5.69 Å². The van der Waals surface area contributed by atoms with Crippen molar-refractivity contribution < 1.29 is 32.6 Å². The molecule has 0 bridgehead atoms. The molecular weight excluding hydrogens is 360 g/mol. The van der Waals surface area contributed by atoms with Gasteiger partial charge in [-0.1, -0.05) is 17.7 Å². The maximum absolute atomic E-state index is 12.3. The highest BCUT2D eigenvalue weighted by Gasteiger charge is 2.21. The number of esters is 1. The molecule has 0 radical (unpaired) electrons. The van der Waals surface area contributed by atoms with E-state index in [2.05, 4.69) is 10.1 Å². The van der Waals surface area contributed by atoms with Gasteiger partial charge in [0.2, 0.25) is 0 Å². The summed E-state index contributed by atoms with van der Waals surface area (Å²) in [5.74, 6) is -1.57. The molecule has 2 aromatic rings. The maximum Gasteiger partial charge on any atom is 0.387 e. The second-order valence-electron chi connectivity index (χ2n) is 5.65. The van der Waals surface area contributed by atoms with Crippen molar-refractivity contribution in [1.29, 1.82) is 0 Å². The van der Waals surface area contributed by atoms with E-state index in [1.807, 2.05) is 19.1 Å². The van der Waals surface area contributed by atoms with Gasteiger partial charge in [0.05, 0.1) is 12.7 Å². The van der Waals surface area contributed by atoms with Crippen LogP contribution in [0.2, 0.25) is 0 Å². The molecule has 6 nitrogen and oxygen atoms in total. The lowest BCUT2D eigenvalue weighted by Gasteiger charge is -2.15. The van der Waals surface area contributed by atoms with E-state index in [4.69, 9.17) is 9.47 Å². The molecule has 27 heavy (non-hydrogen) atoms. The summed E-state index contributed by atoms with van der Waals surface area (Å²) in [5, 5.41) is 2.63. The van der Waals surface area contributed by atoms with Crippen LogP contribution in [0.1, 0.15) is 22.8 Å². The number of methoxy groups -OCH3 is 1. The number of nitrogens with one attached hydrogen (secondary N) is 1. The standard InChI is InChI=1S/C19H19F2NO5/c1-11-4-7-14(8-5-11)22-17(23)12(2)26-18(24)13-6-9-15(27-19(20)21)16(10-13)25-3/h4-10,12,19H,1-3H3,(H,22,23)/t12-/m1/s1. The van der Waals surface area contributed by atoms with Gasteiger partial charge in [0.1, 0.15) is 0 Å². The Morgan fingerprint density at radius 3 is 2.30 bits per heavy atom. The fourth-order valence-electron chi connectivity index (χ4n) is 2.15. The van der Waals surface area contributed by atoms with Crippen LogP contribution in [0.5, 0.6) is 11.5 Å². The molecule has 0 heterocycles. The number of hydrogen-bond donors (Lipinski definition) is 1. The SMILES string of the molecule is COc1cc(C(=O)O[C@H](C)C(=O)Nc2ccc(C)cc2)ccc1OC(F)F. The molecule has 0 unspecified atom stereocenters. The Kier molecular flexibility index (Phi) is 6.70. The van der Waals surface area contributed by atoms with E-state index in [-0.39, 0.29) is 17.1 Å². The first-order valence-electron chi connectivity index (χ1n) is 8.01. The van der Waals surface area contributed by atoms with E-state index < -0.39 is 24.6 Å². The Bertz CT molecular complexity index is 808. The quantitative estimate of drug-likeness (QED) is 0.741. The van der Waals surface area contributed by atoms with E-state index in [1.54, 1.807) is 12.1 Å². The zero-order chi connectivity index (χ0) is 20.0. The maximum atomic E-state index is 12.3. The van der Waals surface area contributed by atoms with Crippen molar-refractivity contribution in [3.05, 3.63) is 53.6 Å². The van der Waals surface area contributed by atoms with Gasteiger partial charge < -0.3 is 19.5 Å². The fraction of sp³-hybridized carbons (Fsp3) is 0.263. The summed E-state index contributed by atoms with van der Waals surface area (Å²) in [7, 11) is 1.25. The average Bonchev–Trinajstić information content (AvgIpc) is 2.63. The number of amides is 1. The van der Waals surface area contributed by atoms with Gasteiger partial charge in [-0.05, 0) is 44.2 Å². The number of halogens is 2. The topological polar surface area (TPSA) is 73.9 Å². The van der Waals surface area contributed by atoms with Gasteiger partial charge in [-0.2, -0.15) is 8.78 Å². The summed E-state index contributed by atoms with van der Waals surface area (Å²) >= 11 is 0. The molecule has 2 aromatic carbocycles. The van der Waals surface area contributed by atoms with Crippen molar-refractivity contribution in [3.8, 4) is 11.5 Å². The van der Waals surface area contributed by atoms with E-state index in [1.165, 1.54) is 32.2 Å². The minimum atomic E-state index is -3.03. The molecule has 0 spiro atoms. The monoisotopic (exact) mass is 379 g/mol. The highest BCUT2D eigenvalue weighted by atomic mass is 19.3. The second kappa shape index (κ2) is 8.98. The van der Waals surface area contributed by atoms with Crippen LogP contribution >= 0.6 is 0 Å². The third-order valence-corrected chi connectivity index (χ3v) is 3.59. The molecule has 0 aromatic heterocycles. The number of hydrogen-bond acceptors (Lipinski definition) is 5. The van der Waals surface area contributed by atoms with Crippen molar-refractivity contribution in [2.75, 3.05) is 12.4 Å². The number of benzene rings is 2. The molecule has 0 aliphatic heterocycles. The van der Waals surface area contributed by atoms with Crippen LogP contribution in [-0.4, -0.2) is 31.7 Å². The Labute approximate surface area is 155 Å². The molecule has 1 amide bonds. The third kappa shape index (κ3) is 5.67. The number of alkyl halides is 2. The number of carbonyl (C=O) groups is 2. The van der Waals surface area contributed by atoms with Crippen LogP contribution in [0.3, 0.4) is 0 Å². The van der Waals surface area contributed by atoms with E-state index in [9.17, 15) is 18.4 Å². The molecule has 0 aliphatic rings. The number of ether oxygens (including phenoxy) is 3. The molecule has 144 valence electrons. The van der Waals surface area contributed by atoms with Crippen LogP contribution in [0.4, 0.5) is 14.5 Å². The van der Waals surface area contributed by atoms with Crippen molar-refractivity contribution in [2.45, 2.75) is 26.6 Å². The minimum Gasteiger partial charge on any atom is -0.493 e. The van der Waals surface area contributed by atoms with Gasteiger partial charge in [0.25, 0.3) is 5.91 Å². The van der Waals surface area contributed by atoms with Crippen molar-refractivity contribution in [3.63, 3.8) is 0 Å². The first-order valence-corrected chi connectivity index (χ1v) is 8.01. The van der Waals surface area contributed by atoms with Crippen LogP contribution in [-0.2, 0) is 9.53 Å². The summed E-state index contributed by atoms with van der Waals surface area (Å²) < 4.78 is 39.0. The summed E-state index contributed by atoms with van der Waals surface area (Å²) in [6.07, 6.45) is -1.07. The lowest BCUT2D eigenvalue weighted by atomic mass is 10.2. The highest BCUT2D eigenvalue weighted by Crippen LogP contribution is 2.29. The lowest BCUT2D eigenvalue weighted by Crippen LogP contribution is -2.30. The van der Waals surface area contributed by atoms with E-state index in [0.29, 0.717) is 5.69 Å². The largest absolute Gasteiger partial charge is 0.493 e. The van der Waals surface area contributed by atoms with E-state index >= 15 is 0 Å². The zero-order valence-corrected chi connectivity index (χ0v) is 15.0. The van der Waals surface area contributed by atoms with Crippen molar-refractivity contribution in [1.82, 2.24) is 0 Å². The van der Waals surface area contributed by atoms with Crippen molar-refractivity contribution >= 4 is 17.6 Å². The Hall–Kier alpha value is -3.16. The second-order valence-corrected chi connectivity index (χ2v) is 5.65. The molecule has 0 aliphatic carbocycles. The summed E-state index contributed by atoms with van der Waals surface area (Å²) in [4.78, 5) is 24.4. The van der Waals surface area contributed by atoms with Gasteiger partial charge in [-0.25, -0.2) is 4.79 Å². The van der Waals surface area contributed by atoms with Gasteiger partial charge >= 0.3 is 12.6 Å². The molecule has 0 saturated heterocycles. The fourth-order valence-corrected chi connectivity index (χ4v) is 2.15. The zero-order valence-electron chi connectivity index (χ0n) is 15.0. The third-order valence-electron chi connectivity index (χ3n) is 3.59. The molecule has 1 N–H and O–H groups in total. The molecule has 0 fully saturated rings. The first kappa shape index (κ1) is 20.2. The van der Waals surface area contributed by atoms with Gasteiger partial charge in [0.15, 0.2) is 17.6 Å². The predicted octanol–water partition coefficient (Wildman–Crippen LogP) is 3.79. The molecular formula is C19H19F2NO5. The van der Waals surface area contributed by atoms with Crippen LogP contribution in [0.25, 0.3) is 0 Å².